The van der Waals surface area contributed by atoms with Gasteiger partial charge in [0.05, 0.1) is 0 Å². The van der Waals surface area contributed by atoms with E-state index in [2.05, 4.69) is 11.9 Å². The number of sulfonamides is 1. The first-order chi connectivity index (χ1) is 9.48. The van der Waals surface area contributed by atoms with Crippen LogP contribution in [-0.4, -0.2) is 50.3 Å². The van der Waals surface area contributed by atoms with Crippen LogP contribution < -0.4 is 5.73 Å². The molecule has 1 aromatic rings. The molecule has 2 N–H and O–H groups in total. The van der Waals surface area contributed by atoms with Crippen molar-refractivity contribution < 1.29 is 8.42 Å². The smallest absolute Gasteiger partial charge is 0.252 e. The zero-order chi connectivity index (χ0) is 14.8. The maximum atomic E-state index is 12.8. The number of hydrogen-bond donors (Lipinski definition) is 1. The van der Waals surface area contributed by atoms with Crippen LogP contribution in [0.3, 0.4) is 0 Å². The van der Waals surface area contributed by atoms with Crippen molar-refractivity contribution in [3.8, 4) is 0 Å². The summed E-state index contributed by atoms with van der Waals surface area (Å²) in [5.74, 6) is 0. The van der Waals surface area contributed by atoms with E-state index < -0.39 is 10.0 Å². The molecule has 1 aromatic heterocycles. The molecule has 0 spiro atoms. The van der Waals surface area contributed by atoms with Gasteiger partial charge in [-0.3, -0.25) is 0 Å². The predicted molar refractivity (Wildman–Crippen MR) is 82.3 cm³/mol. The normalized spacial score (nSPS) is 22.9. The van der Waals surface area contributed by atoms with Crippen molar-refractivity contribution in [2.45, 2.75) is 36.6 Å². The largest absolute Gasteiger partial charge is 0.326 e. The molecule has 1 saturated heterocycles. The topological polar surface area (TPSA) is 66.6 Å². The van der Waals surface area contributed by atoms with Gasteiger partial charge >= 0.3 is 0 Å². The van der Waals surface area contributed by atoms with Gasteiger partial charge in [0.1, 0.15) is 4.21 Å². The second-order valence-corrected chi connectivity index (χ2v) is 8.50. The SMILES string of the molecule is CCC1CN(C)CCCN1S(=O)(=O)c1ccc(CN)s1. The maximum Gasteiger partial charge on any atom is 0.252 e. The standard InChI is InChI=1S/C13H23N3O2S2/c1-3-11-10-15(2)7-4-8-16(11)20(17,18)13-6-5-12(9-14)19-13/h5-6,11H,3-4,7-10,14H2,1-2H3. The van der Waals surface area contributed by atoms with E-state index in [1.165, 1.54) is 11.3 Å². The second kappa shape index (κ2) is 6.53. The van der Waals surface area contributed by atoms with Gasteiger partial charge in [0.25, 0.3) is 10.0 Å². The molecule has 5 nitrogen and oxygen atoms in total. The molecule has 0 amide bonds. The molecule has 0 aromatic carbocycles. The van der Waals surface area contributed by atoms with Crippen LogP contribution in [0, 0.1) is 0 Å². The molecule has 1 unspecified atom stereocenters. The highest BCUT2D eigenvalue weighted by Crippen LogP contribution is 2.28. The third-order valence-corrected chi connectivity index (χ3v) is 7.25. The summed E-state index contributed by atoms with van der Waals surface area (Å²) in [4.78, 5) is 3.12. The van der Waals surface area contributed by atoms with Crippen molar-refractivity contribution >= 4 is 21.4 Å². The summed E-state index contributed by atoms with van der Waals surface area (Å²) in [6.07, 6.45) is 1.71. The summed E-state index contributed by atoms with van der Waals surface area (Å²) in [7, 11) is -1.34. The number of nitrogens with zero attached hydrogens (tertiary/aromatic N) is 2. The van der Waals surface area contributed by atoms with Crippen LogP contribution in [0.25, 0.3) is 0 Å². The van der Waals surface area contributed by atoms with Crippen LogP contribution in [-0.2, 0) is 16.6 Å². The van der Waals surface area contributed by atoms with Gasteiger partial charge in [-0.2, -0.15) is 4.31 Å². The first kappa shape index (κ1) is 15.9. The summed E-state index contributed by atoms with van der Waals surface area (Å²) >= 11 is 1.29. The monoisotopic (exact) mass is 317 g/mol. The van der Waals surface area contributed by atoms with Gasteiger partial charge in [0.2, 0.25) is 0 Å². The Morgan fingerprint density at radius 2 is 2.15 bits per heavy atom. The predicted octanol–water partition coefficient (Wildman–Crippen LogP) is 1.31. The molecule has 0 radical (unpaired) electrons. The van der Waals surface area contributed by atoms with Crippen molar-refractivity contribution in [3.05, 3.63) is 17.0 Å². The van der Waals surface area contributed by atoms with Gasteiger partial charge in [0, 0.05) is 30.6 Å². The minimum atomic E-state index is -3.39. The Balaban J connectivity index is 2.30. The molecule has 1 fully saturated rings. The number of hydrogen-bond acceptors (Lipinski definition) is 5. The number of rotatable bonds is 4. The Morgan fingerprint density at radius 1 is 1.40 bits per heavy atom. The lowest BCUT2D eigenvalue weighted by atomic mass is 10.2. The van der Waals surface area contributed by atoms with Crippen molar-refractivity contribution in [3.63, 3.8) is 0 Å². The average molecular weight is 317 g/mol. The summed E-state index contributed by atoms with van der Waals surface area (Å²) in [6.45, 7) is 4.78. The fraction of sp³-hybridized carbons (Fsp3) is 0.692. The van der Waals surface area contributed by atoms with Gasteiger partial charge in [0.15, 0.2) is 0 Å². The molecule has 2 heterocycles. The Bertz CT molecular complexity index is 542. The van der Waals surface area contributed by atoms with Crippen molar-refractivity contribution in [2.24, 2.45) is 5.73 Å². The summed E-state index contributed by atoms with van der Waals surface area (Å²) in [6, 6.07) is 3.54. The Kier molecular flexibility index (Phi) is 5.19. The lowest BCUT2D eigenvalue weighted by Gasteiger charge is -2.28. The molecule has 1 atom stereocenters. The lowest BCUT2D eigenvalue weighted by molar-refractivity contribution is 0.270. The third-order valence-electron chi connectivity index (χ3n) is 3.72. The Labute approximate surface area is 125 Å². The highest BCUT2D eigenvalue weighted by molar-refractivity contribution is 7.91. The summed E-state index contributed by atoms with van der Waals surface area (Å²) in [5.41, 5.74) is 5.58. The first-order valence-corrected chi connectivity index (χ1v) is 9.24. The van der Waals surface area contributed by atoms with Gasteiger partial charge in [-0.15, -0.1) is 11.3 Å². The zero-order valence-electron chi connectivity index (χ0n) is 12.1. The minimum absolute atomic E-state index is 0.0518. The van der Waals surface area contributed by atoms with Gasteiger partial charge < -0.3 is 10.6 Å². The molecular weight excluding hydrogens is 294 g/mol. The van der Waals surface area contributed by atoms with Crippen LogP contribution >= 0.6 is 11.3 Å². The van der Waals surface area contributed by atoms with Crippen LogP contribution in [0.1, 0.15) is 24.6 Å². The molecule has 7 heteroatoms. The van der Waals surface area contributed by atoms with E-state index >= 15 is 0 Å². The van der Waals surface area contributed by atoms with Crippen LogP contribution in [0.15, 0.2) is 16.3 Å². The quantitative estimate of drug-likeness (QED) is 0.909. The second-order valence-electron chi connectivity index (χ2n) is 5.22. The zero-order valence-corrected chi connectivity index (χ0v) is 13.7. The molecule has 2 rings (SSSR count). The molecule has 0 bridgehead atoms. The van der Waals surface area contributed by atoms with Crippen molar-refractivity contribution in [1.29, 1.82) is 0 Å². The average Bonchev–Trinajstić information content (AvgIpc) is 2.83. The van der Waals surface area contributed by atoms with E-state index in [-0.39, 0.29) is 6.04 Å². The third kappa shape index (κ3) is 3.23. The van der Waals surface area contributed by atoms with E-state index in [4.69, 9.17) is 5.73 Å². The van der Waals surface area contributed by atoms with Crippen molar-refractivity contribution in [1.82, 2.24) is 9.21 Å². The minimum Gasteiger partial charge on any atom is -0.326 e. The fourth-order valence-electron chi connectivity index (χ4n) is 2.59. The molecule has 1 aliphatic rings. The maximum absolute atomic E-state index is 12.8. The number of thiophene rings is 1. The molecule has 114 valence electrons. The highest BCUT2D eigenvalue weighted by Gasteiger charge is 2.33. The molecule has 0 aliphatic carbocycles. The van der Waals surface area contributed by atoms with Gasteiger partial charge in [-0.25, -0.2) is 8.42 Å². The highest BCUT2D eigenvalue weighted by atomic mass is 32.2. The summed E-state index contributed by atoms with van der Waals surface area (Å²) in [5, 5.41) is 0. The fourth-order valence-corrected chi connectivity index (χ4v) is 5.68. The molecular formula is C13H23N3O2S2. The van der Waals surface area contributed by atoms with Crippen LogP contribution in [0.2, 0.25) is 0 Å². The van der Waals surface area contributed by atoms with E-state index in [9.17, 15) is 8.42 Å². The van der Waals surface area contributed by atoms with Gasteiger partial charge in [-0.1, -0.05) is 6.92 Å². The van der Waals surface area contributed by atoms with Crippen LogP contribution in [0.5, 0.6) is 0 Å². The Morgan fingerprint density at radius 3 is 2.75 bits per heavy atom. The van der Waals surface area contributed by atoms with Gasteiger partial charge in [-0.05, 0) is 38.6 Å². The first-order valence-electron chi connectivity index (χ1n) is 6.98. The number of nitrogens with two attached hydrogens (primary N) is 1. The Hall–Kier alpha value is -0.470. The molecule has 1 aliphatic heterocycles. The van der Waals surface area contributed by atoms with E-state index in [1.807, 2.05) is 13.0 Å². The molecule has 20 heavy (non-hydrogen) atoms. The van der Waals surface area contributed by atoms with E-state index in [1.54, 1.807) is 10.4 Å². The lowest BCUT2D eigenvalue weighted by Crippen LogP contribution is -2.43. The van der Waals surface area contributed by atoms with E-state index in [0.717, 1.165) is 30.8 Å². The van der Waals surface area contributed by atoms with E-state index in [0.29, 0.717) is 17.3 Å². The van der Waals surface area contributed by atoms with Crippen LogP contribution in [0.4, 0.5) is 0 Å². The molecule has 0 saturated carbocycles. The number of likely N-dealkylation sites (N-methyl/N-ethyl adjacent to an activating group) is 1. The van der Waals surface area contributed by atoms with Crippen molar-refractivity contribution in [2.75, 3.05) is 26.7 Å². The summed E-state index contributed by atoms with van der Waals surface area (Å²) < 4.78 is 27.7.